The molecule has 0 fully saturated rings. The predicted octanol–water partition coefficient (Wildman–Crippen LogP) is 1.02. The van der Waals surface area contributed by atoms with Crippen molar-refractivity contribution in [1.29, 1.82) is 0 Å². The van der Waals surface area contributed by atoms with Gasteiger partial charge in [-0.1, -0.05) is 0 Å². The van der Waals surface area contributed by atoms with E-state index < -0.39 is 17.2 Å². The molecule has 1 aliphatic heterocycles. The van der Waals surface area contributed by atoms with Crippen molar-refractivity contribution in [2.75, 3.05) is 5.32 Å². The van der Waals surface area contributed by atoms with Crippen molar-refractivity contribution in [3.63, 3.8) is 0 Å². The molecule has 0 saturated carbocycles. The molecule has 23 heavy (non-hydrogen) atoms. The molecule has 0 unspecified atom stereocenters. The quantitative estimate of drug-likeness (QED) is 0.729. The summed E-state index contributed by atoms with van der Waals surface area (Å²) in [5.74, 6) is -0.0801. The fourth-order valence-corrected chi connectivity index (χ4v) is 3.38. The van der Waals surface area contributed by atoms with Crippen molar-refractivity contribution in [2.45, 2.75) is 25.2 Å². The second kappa shape index (κ2) is 5.05. The lowest BCUT2D eigenvalue weighted by molar-refractivity contribution is -0.116. The third-order valence-corrected chi connectivity index (χ3v) is 4.33. The Morgan fingerprint density at radius 2 is 1.83 bits per heavy atom. The summed E-state index contributed by atoms with van der Waals surface area (Å²) < 4.78 is 0. The van der Waals surface area contributed by atoms with Gasteiger partial charge in [0.15, 0.2) is 5.78 Å². The van der Waals surface area contributed by atoms with E-state index in [0.29, 0.717) is 23.4 Å². The minimum atomic E-state index is -0.569. The first-order valence-electron chi connectivity index (χ1n) is 7.45. The van der Waals surface area contributed by atoms with Crippen LogP contribution < -0.4 is 16.6 Å². The van der Waals surface area contributed by atoms with Crippen LogP contribution in [0.25, 0.3) is 0 Å². The fourth-order valence-electron chi connectivity index (χ4n) is 3.38. The highest BCUT2D eigenvalue weighted by Gasteiger charge is 2.37. The van der Waals surface area contributed by atoms with E-state index in [0.717, 1.165) is 24.1 Å². The number of carbonyl (C=O) groups excluding carboxylic acids is 1. The van der Waals surface area contributed by atoms with E-state index in [-0.39, 0.29) is 5.78 Å². The minimum Gasteiger partial charge on any atom is -0.344 e. The molecule has 4 rings (SSSR count). The van der Waals surface area contributed by atoms with E-state index in [1.807, 2.05) is 0 Å². The Morgan fingerprint density at radius 3 is 2.61 bits per heavy atom. The number of nitrogens with zero attached hydrogens (tertiary/aromatic N) is 1. The maximum absolute atomic E-state index is 12.5. The molecule has 0 saturated heterocycles. The smallest absolute Gasteiger partial charge is 0.327 e. The molecule has 1 aliphatic carbocycles. The molecule has 0 spiro atoms. The number of anilines is 1. The Labute approximate surface area is 130 Å². The van der Waals surface area contributed by atoms with Gasteiger partial charge < -0.3 is 5.32 Å². The van der Waals surface area contributed by atoms with Crippen LogP contribution in [0.2, 0.25) is 0 Å². The summed E-state index contributed by atoms with van der Waals surface area (Å²) in [5, 5.41) is 3.08. The monoisotopic (exact) mass is 310 g/mol. The van der Waals surface area contributed by atoms with Crippen LogP contribution in [0.4, 0.5) is 5.82 Å². The number of nitrogens with one attached hydrogen (secondary N) is 3. The van der Waals surface area contributed by atoms with Crippen molar-refractivity contribution in [3.05, 3.63) is 67.8 Å². The molecule has 0 aromatic carbocycles. The minimum absolute atomic E-state index is 0.0387. The summed E-state index contributed by atoms with van der Waals surface area (Å²) in [7, 11) is 0. The number of carbonyl (C=O) groups is 1. The van der Waals surface area contributed by atoms with Gasteiger partial charge in [-0.05, 0) is 30.5 Å². The van der Waals surface area contributed by atoms with Crippen molar-refractivity contribution in [1.82, 2.24) is 15.0 Å². The number of Topliss-reactive ketones (excluding diaryl/α,β-unsaturated/α-hetero) is 1. The number of hydrogen-bond acceptors (Lipinski definition) is 5. The molecule has 2 aliphatic rings. The number of fused-ring (bicyclic) bond motifs is 1. The van der Waals surface area contributed by atoms with Crippen molar-refractivity contribution < 1.29 is 4.79 Å². The third kappa shape index (κ3) is 2.12. The van der Waals surface area contributed by atoms with Crippen LogP contribution in [0.15, 0.2) is 45.4 Å². The highest BCUT2D eigenvalue weighted by Crippen LogP contribution is 2.42. The van der Waals surface area contributed by atoms with Crippen LogP contribution >= 0.6 is 0 Å². The summed E-state index contributed by atoms with van der Waals surface area (Å²) >= 11 is 0. The Bertz CT molecular complexity index is 940. The standard InChI is InChI=1S/C16H14N4O3/c21-10-3-1-2-9-12(10)11(8-4-6-17-7-5-8)13-14(18-9)19-16(23)20-15(13)22/h4-7,11H,1-3H2,(H3,18,19,20,22,23)/t11-/m0/s1. The Hall–Kier alpha value is -2.96. The van der Waals surface area contributed by atoms with Crippen LogP contribution in [0.3, 0.4) is 0 Å². The first-order chi connectivity index (χ1) is 11.1. The van der Waals surface area contributed by atoms with Crippen molar-refractivity contribution in [2.24, 2.45) is 0 Å². The summed E-state index contributed by atoms with van der Waals surface area (Å²) in [6.45, 7) is 0. The molecule has 2 aromatic rings. The van der Waals surface area contributed by atoms with Gasteiger partial charge in [-0.15, -0.1) is 0 Å². The zero-order chi connectivity index (χ0) is 16.0. The summed E-state index contributed by atoms with van der Waals surface area (Å²) in [5.41, 5.74) is 1.53. The second-order valence-corrected chi connectivity index (χ2v) is 5.70. The summed E-state index contributed by atoms with van der Waals surface area (Å²) in [4.78, 5) is 45.4. The molecule has 1 atom stereocenters. The average Bonchev–Trinajstić information content (AvgIpc) is 2.54. The van der Waals surface area contributed by atoms with Gasteiger partial charge in [-0.3, -0.25) is 24.5 Å². The van der Waals surface area contributed by atoms with E-state index in [2.05, 4.69) is 20.3 Å². The average molecular weight is 310 g/mol. The fraction of sp³-hybridized carbons (Fsp3) is 0.250. The third-order valence-electron chi connectivity index (χ3n) is 4.33. The molecule has 2 aromatic heterocycles. The maximum Gasteiger partial charge on any atom is 0.327 e. The number of hydrogen-bond donors (Lipinski definition) is 3. The molecule has 0 radical (unpaired) electrons. The first kappa shape index (κ1) is 13.7. The predicted molar refractivity (Wildman–Crippen MR) is 83.3 cm³/mol. The second-order valence-electron chi connectivity index (χ2n) is 5.70. The zero-order valence-electron chi connectivity index (χ0n) is 12.2. The highest BCUT2D eigenvalue weighted by atomic mass is 16.2. The van der Waals surface area contributed by atoms with Gasteiger partial charge >= 0.3 is 5.69 Å². The van der Waals surface area contributed by atoms with Gasteiger partial charge in [0.05, 0.1) is 5.56 Å². The number of pyridine rings is 1. The van der Waals surface area contributed by atoms with Crippen LogP contribution in [0, 0.1) is 0 Å². The molecule has 0 bridgehead atoms. The molecule has 116 valence electrons. The molecular weight excluding hydrogens is 296 g/mol. The van der Waals surface area contributed by atoms with Crippen LogP contribution in [-0.2, 0) is 4.79 Å². The topological polar surface area (TPSA) is 108 Å². The Kier molecular flexibility index (Phi) is 3.00. The normalized spacial score (nSPS) is 19.8. The molecule has 7 heteroatoms. The van der Waals surface area contributed by atoms with Crippen LogP contribution in [-0.4, -0.2) is 20.7 Å². The summed E-state index contributed by atoms with van der Waals surface area (Å²) in [6.07, 6.45) is 5.21. The molecule has 3 heterocycles. The van der Waals surface area contributed by atoms with E-state index in [1.54, 1.807) is 24.5 Å². The Morgan fingerprint density at radius 1 is 1.04 bits per heavy atom. The number of ketones is 1. The van der Waals surface area contributed by atoms with E-state index in [9.17, 15) is 14.4 Å². The number of aromatic nitrogens is 3. The maximum atomic E-state index is 12.5. The lowest BCUT2D eigenvalue weighted by atomic mass is 9.77. The lowest BCUT2D eigenvalue weighted by Crippen LogP contribution is -2.36. The largest absolute Gasteiger partial charge is 0.344 e. The first-order valence-corrected chi connectivity index (χ1v) is 7.45. The number of aromatic amines is 2. The molecular formula is C16H14N4O3. The lowest BCUT2D eigenvalue weighted by Gasteiger charge is -2.32. The number of rotatable bonds is 1. The summed E-state index contributed by atoms with van der Waals surface area (Å²) in [6, 6.07) is 3.58. The molecule has 7 nitrogen and oxygen atoms in total. The molecule has 3 N–H and O–H groups in total. The van der Waals surface area contributed by atoms with Gasteiger partial charge in [-0.2, -0.15) is 0 Å². The van der Waals surface area contributed by atoms with E-state index in [4.69, 9.17) is 0 Å². The van der Waals surface area contributed by atoms with Gasteiger partial charge in [0.2, 0.25) is 0 Å². The van der Waals surface area contributed by atoms with E-state index >= 15 is 0 Å². The van der Waals surface area contributed by atoms with Gasteiger partial charge in [-0.25, -0.2) is 4.79 Å². The van der Waals surface area contributed by atoms with Crippen molar-refractivity contribution in [3.8, 4) is 0 Å². The zero-order valence-corrected chi connectivity index (χ0v) is 12.2. The van der Waals surface area contributed by atoms with Gasteiger partial charge in [0, 0.05) is 36.0 Å². The SMILES string of the molecule is O=C1CCCC2=C1[C@H](c1ccncc1)c1c([nH]c(=O)[nH]c1=O)N2. The van der Waals surface area contributed by atoms with Crippen LogP contribution in [0.5, 0.6) is 0 Å². The van der Waals surface area contributed by atoms with Gasteiger partial charge in [0.1, 0.15) is 5.82 Å². The van der Waals surface area contributed by atoms with Gasteiger partial charge in [0.25, 0.3) is 5.56 Å². The van der Waals surface area contributed by atoms with Crippen molar-refractivity contribution >= 4 is 11.6 Å². The number of allylic oxidation sites excluding steroid dienone is 2. The van der Waals surface area contributed by atoms with E-state index in [1.165, 1.54) is 0 Å². The number of H-pyrrole nitrogens is 2. The highest BCUT2D eigenvalue weighted by molar-refractivity contribution is 6.00. The Balaban J connectivity index is 2.03. The van der Waals surface area contributed by atoms with Crippen LogP contribution in [0.1, 0.15) is 36.3 Å². The molecule has 0 amide bonds.